The van der Waals surface area contributed by atoms with Crippen LogP contribution in [-0.2, 0) is 4.79 Å². The Morgan fingerprint density at radius 3 is 2.77 bits per heavy atom. The smallest absolute Gasteiger partial charge is 0.262 e. The molecule has 1 saturated heterocycles. The molecule has 1 amide bonds. The van der Waals surface area contributed by atoms with Gasteiger partial charge in [0.2, 0.25) is 0 Å². The minimum Gasteiger partial charge on any atom is -0.394 e. The fourth-order valence-electron chi connectivity index (χ4n) is 2.87. The maximum Gasteiger partial charge on any atom is 0.262 e. The molecule has 1 fully saturated rings. The van der Waals surface area contributed by atoms with Crippen molar-refractivity contribution in [2.24, 2.45) is 0 Å². The molecule has 0 aromatic heterocycles. The van der Waals surface area contributed by atoms with Crippen LogP contribution >= 0.6 is 0 Å². The summed E-state index contributed by atoms with van der Waals surface area (Å²) in [6.45, 7) is 3.26. The van der Waals surface area contributed by atoms with Crippen molar-refractivity contribution in [2.45, 2.75) is 13.0 Å². The topological polar surface area (TPSA) is 96.4 Å². The molecule has 2 aromatic carbocycles. The van der Waals surface area contributed by atoms with Gasteiger partial charge in [-0.25, -0.2) is 0 Å². The van der Waals surface area contributed by atoms with E-state index >= 15 is 0 Å². The standard InChI is InChI=1S/C20H21N3O3/c1-13(18(10-21)20(26)22-11-16(25)12-24)15-6-5-14-3-2-4-19(17(14)9-15)23-7-8-23/h2-6,9,16,24-25H,7-8,11-12H2,1H3,(H,22,26)/b18-13+. The summed E-state index contributed by atoms with van der Waals surface area (Å²) in [5.74, 6) is -0.558. The number of benzene rings is 2. The largest absolute Gasteiger partial charge is 0.394 e. The second kappa shape index (κ2) is 7.56. The van der Waals surface area contributed by atoms with Crippen LogP contribution < -0.4 is 10.2 Å². The molecule has 1 heterocycles. The summed E-state index contributed by atoms with van der Waals surface area (Å²) in [6.07, 6.45) is -1.05. The van der Waals surface area contributed by atoms with Crippen LogP contribution in [0.1, 0.15) is 12.5 Å². The number of allylic oxidation sites excluding steroid dienone is 1. The van der Waals surface area contributed by atoms with E-state index in [0.29, 0.717) is 5.57 Å². The van der Waals surface area contributed by atoms with Crippen molar-refractivity contribution < 1.29 is 15.0 Å². The number of anilines is 1. The van der Waals surface area contributed by atoms with Gasteiger partial charge in [0, 0.05) is 30.7 Å². The first kappa shape index (κ1) is 17.9. The van der Waals surface area contributed by atoms with Crippen LogP contribution in [0.3, 0.4) is 0 Å². The number of hydrogen-bond donors (Lipinski definition) is 3. The molecule has 134 valence electrons. The summed E-state index contributed by atoms with van der Waals surface area (Å²) >= 11 is 0. The minimum absolute atomic E-state index is 0.00120. The minimum atomic E-state index is -1.05. The van der Waals surface area contributed by atoms with Crippen LogP contribution in [-0.4, -0.2) is 48.5 Å². The number of nitrogens with zero attached hydrogens (tertiary/aromatic N) is 2. The van der Waals surface area contributed by atoms with Gasteiger partial charge in [-0.1, -0.05) is 24.3 Å². The molecular formula is C20H21N3O3. The molecule has 26 heavy (non-hydrogen) atoms. The van der Waals surface area contributed by atoms with Crippen molar-refractivity contribution >= 4 is 27.9 Å². The van der Waals surface area contributed by atoms with Gasteiger partial charge in [0.1, 0.15) is 11.6 Å². The van der Waals surface area contributed by atoms with Gasteiger partial charge in [0.05, 0.1) is 12.7 Å². The molecule has 0 spiro atoms. The van der Waals surface area contributed by atoms with Crippen molar-refractivity contribution in [1.82, 2.24) is 5.32 Å². The molecule has 1 unspecified atom stereocenters. The third-order valence-electron chi connectivity index (χ3n) is 4.50. The lowest BCUT2D eigenvalue weighted by Gasteiger charge is -2.12. The SMILES string of the molecule is C/C(=C(/C#N)C(=O)NCC(O)CO)c1ccc2cccc(N3CC3)c2c1. The molecule has 6 heteroatoms. The molecular weight excluding hydrogens is 330 g/mol. The van der Waals surface area contributed by atoms with Gasteiger partial charge in [-0.2, -0.15) is 5.26 Å². The molecule has 0 bridgehead atoms. The van der Waals surface area contributed by atoms with Crippen molar-refractivity contribution in [3.8, 4) is 6.07 Å². The molecule has 0 saturated carbocycles. The third-order valence-corrected chi connectivity index (χ3v) is 4.50. The van der Waals surface area contributed by atoms with Crippen LogP contribution in [0.5, 0.6) is 0 Å². The summed E-state index contributed by atoms with van der Waals surface area (Å²) in [5, 5.41) is 32.3. The van der Waals surface area contributed by atoms with Crippen LogP contribution in [0.25, 0.3) is 16.3 Å². The van der Waals surface area contributed by atoms with Crippen molar-refractivity contribution in [3.05, 3.63) is 47.5 Å². The number of nitrogens with one attached hydrogen (secondary N) is 1. The molecule has 3 rings (SSSR count). The van der Waals surface area contributed by atoms with Crippen molar-refractivity contribution in [1.29, 1.82) is 5.26 Å². The zero-order valence-corrected chi connectivity index (χ0v) is 14.6. The molecule has 1 atom stereocenters. The van der Waals surface area contributed by atoms with Crippen LogP contribution in [0.15, 0.2) is 42.0 Å². The van der Waals surface area contributed by atoms with Gasteiger partial charge in [0.25, 0.3) is 5.91 Å². The summed E-state index contributed by atoms with van der Waals surface area (Å²) in [4.78, 5) is 14.5. The number of carbonyl (C=O) groups is 1. The van der Waals surface area contributed by atoms with Gasteiger partial charge in [-0.3, -0.25) is 4.79 Å². The summed E-state index contributed by atoms with van der Waals surface area (Å²) in [6, 6.07) is 14.0. The first-order valence-corrected chi connectivity index (χ1v) is 8.51. The van der Waals surface area contributed by atoms with E-state index in [1.165, 1.54) is 0 Å². The summed E-state index contributed by atoms with van der Waals surface area (Å²) in [5.41, 5.74) is 2.54. The fourth-order valence-corrected chi connectivity index (χ4v) is 2.87. The number of fused-ring (bicyclic) bond motifs is 1. The number of hydrogen-bond acceptors (Lipinski definition) is 5. The highest BCUT2D eigenvalue weighted by atomic mass is 16.3. The van der Waals surface area contributed by atoms with Gasteiger partial charge < -0.3 is 20.4 Å². The normalized spacial score (nSPS) is 15.2. The number of nitriles is 1. The number of aliphatic hydroxyl groups excluding tert-OH is 2. The number of aliphatic hydroxyl groups is 2. The highest BCUT2D eigenvalue weighted by molar-refractivity contribution is 6.05. The summed E-state index contributed by atoms with van der Waals surface area (Å²) < 4.78 is 0. The average Bonchev–Trinajstić information content (AvgIpc) is 3.50. The van der Waals surface area contributed by atoms with Crippen LogP contribution in [0.4, 0.5) is 5.69 Å². The number of rotatable bonds is 6. The first-order chi connectivity index (χ1) is 12.5. The maximum absolute atomic E-state index is 12.3. The van der Waals surface area contributed by atoms with Gasteiger partial charge in [-0.15, -0.1) is 0 Å². The molecule has 0 radical (unpaired) electrons. The Balaban J connectivity index is 1.95. The van der Waals surface area contributed by atoms with E-state index in [9.17, 15) is 15.2 Å². The maximum atomic E-state index is 12.3. The third kappa shape index (κ3) is 3.69. The van der Waals surface area contributed by atoms with Gasteiger partial charge in [-0.05, 0) is 35.6 Å². The van der Waals surface area contributed by atoms with Crippen LogP contribution in [0, 0.1) is 11.3 Å². The Morgan fingerprint density at radius 2 is 2.12 bits per heavy atom. The Bertz CT molecular complexity index is 910. The Hall–Kier alpha value is -2.88. The van der Waals surface area contributed by atoms with Gasteiger partial charge >= 0.3 is 0 Å². The van der Waals surface area contributed by atoms with E-state index in [2.05, 4.69) is 16.3 Å². The lowest BCUT2D eigenvalue weighted by molar-refractivity contribution is -0.117. The van der Waals surface area contributed by atoms with Crippen LogP contribution in [0.2, 0.25) is 0 Å². The first-order valence-electron chi connectivity index (χ1n) is 8.51. The van der Waals surface area contributed by atoms with E-state index < -0.39 is 18.6 Å². The summed E-state index contributed by atoms with van der Waals surface area (Å²) in [7, 11) is 0. The number of amides is 1. The predicted molar refractivity (Wildman–Crippen MR) is 100 cm³/mol. The molecule has 6 nitrogen and oxygen atoms in total. The lowest BCUT2D eigenvalue weighted by Crippen LogP contribution is -2.34. The second-order valence-corrected chi connectivity index (χ2v) is 6.36. The van der Waals surface area contributed by atoms with E-state index in [1.807, 2.05) is 36.4 Å². The monoisotopic (exact) mass is 351 g/mol. The molecule has 1 aliphatic heterocycles. The van der Waals surface area contributed by atoms with Gasteiger partial charge in [0.15, 0.2) is 0 Å². The molecule has 3 N–H and O–H groups in total. The fraction of sp³-hybridized carbons (Fsp3) is 0.300. The van der Waals surface area contributed by atoms with Crippen molar-refractivity contribution in [2.75, 3.05) is 31.1 Å². The highest BCUT2D eigenvalue weighted by Gasteiger charge is 2.20. The molecule has 2 aromatic rings. The Morgan fingerprint density at radius 1 is 1.35 bits per heavy atom. The zero-order chi connectivity index (χ0) is 18.7. The number of carbonyl (C=O) groups excluding carboxylic acids is 1. The van der Waals surface area contributed by atoms with E-state index in [1.54, 1.807) is 6.92 Å². The molecule has 0 aliphatic carbocycles. The second-order valence-electron chi connectivity index (χ2n) is 6.36. The van der Waals surface area contributed by atoms with Crippen molar-refractivity contribution in [3.63, 3.8) is 0 Å². The average molecular weight is 351 g/mol. The Labute approximate surface area is 152 Å². The quantitative estimate of drug-likeness (QED) is 0.416. The van der Waals surface area contributed by atoms with E-state index in [0.717, 1.165) is 35.1 Å². The molecule has 1 aliphatic rings. The lowest BCUT2D eigenvalue weighted by atomic mass is 9.97. The highest BCUT2D eigenvalue weighted by Crippen LogP contribution is 2.33. The Kier molecular flexibility index (Phi) is 5.21. The van der Waals surface area contributed by atoms with E-state index in [4.69, 9.17) is 5.11 Å². The predicted octanol–water partition coefficient (Wildman–Crippen LogP) is 1.43. The zero-order valence-electron chi connectivity index (χ0n) is 14.6. The van der Waals surface area contributed by atoms with E-state index in [-0.39, 0.29) is 12.1 Å².